The van der Waals surface area contributed by atoms with Crippen LogP contribution < -0.4 is 10.5 Å². The van der Waals surface area contributed by atoms with Crippen LogP contribution in [0.5, 0.6) is 5.75 Å². The van der Waals surface area contributed by atoms with Gasteiger partial charge in [0.05, 0.1) is 25.7 Å². The summed E-state index contributed by atoms with van der Waals surface area (Å²) in [4.78, 5) is 11.7. The minimum absolute atomic E-state index is 0. The summed E-state index contributed by atoms with van der Waals surface area (Å²) in [5.41, 5.74) is 5.13. The molecule has 0 amide bonds. The summed E-state index contributed by atoms with van der Waals surface area (Å²) in [7, 11) is 2.70. The molecule has 0 bridgehead atoms. The second kappa shape index (κ2) is 6.73. The molecule has 1 aromatic carbocycles. The zero-order valence-electron chi connectivity index (χ0n) is 11.4. The van der Waals surface area contributed by atoms with E-state index in [0.29, 0.717) is 5.75 Å². The standard InChI is InChI=1S/C13H18FNO3.ClH/c1-13(2,12(16)18-4)11(15)10-8(14)6-5-7-9(10)17-3;/h5-7,11H,15H2,1-4H3;1H/t11-;/m1./s1. The fourth-order valence-corrected chi connectivity index (χ4v) is 1.75. The number of hydrogen-bond acceptors (Lipinski definition) is 4. The van der Waals surface area contributed by atoms with Crippen LogP contribution in [0.2, 0.25) is 0 Å². The van der Waals surface area contributed by atoms with E-state index < -0.39 is 23.2 Å². The minimum Gasteiger partial charge on any atom is -0.496 e. The van der Waals surface area contributed by atoms with Gasteiger partial charge in [0.1, 0.15) is 11.6 Å². The van der Waals surface area contributed by atoms with E-state index in [4.69, 9.17) is 10.5 Å². The van der Waals surface area contributed by atoms with E-state index in [2.05, 4.69) is 4.74 Å². The number of rotatable bonds is 4. The Morgan fingerprint density at radius 2 is 1.95 bits per heavy atom. The van der Waals surface area contributed by atoms with Crippen molar-refractivity contribution in [2.24, 2.45) is 11.1 Å². The number of halogens is 2. The Morgan fingerprint density at radius 3 is 2.42 bits per heavy atom. The van der Waals surface area contributed by atoms with Gasteiger partial charge in [-0.15, -0.1) is 12.4 Å². The first-order valence-electron chi connectivity index (χ1n) is 5.52. The van der Waals surface area contributed by atoms with Crippen molar-refractivity contribution in [3.63, 3.8) is 0 Å². The van der Waals surface area contributed by atoms with Crippen LogP contribution in [0.3, 0.4) is 0 Å². The van der Waals surface area contributed by atoms with Crippen LogP contribution in [-0.4, -0.2) is 20.2 Å². The molecule has 4 nitrogen and oxygen atoms in total. The molecular weight excluding hydrogens is 273 g/mol. The lowest BCUT2D eigenvalue weighted by atomic mass is 9.80. The summed E-state index contributed by atoms with van der Waals surface area (Å²) in [6.07, 6.45) is 0. The highest BCUT2D eigenvalue weighted by Gasteiger charge is 2.39. The second-order valence-corrected chi connectivity index (χ2v) is 4.55. The third-order valence-corrected chi connectivity index (χ3v) is 3.03. The number of nitrogens with two attached hydrogens (primary N) is 1. The van der Waals surface area contributed by atoms with Crippen LogP contribution in [0.1, 0.15) is 25.5 Å². The third kappa shape index (κ3) is 3.36. The molecule has 0 fully saturated rings. The number of carbonyl (C=O) groups excluding carboxylic acids is 1. The van der Waals surface area contributed by atoms with Gasteiger partial charge in [-0.2, -0.15) is 0 Å². The van der Waals surface area contributed by atoms with Gasteiger partial charge in [0.15, 0.2) is 0 Å². The fourth-order valence-electron chi connectivity index (χ4n) is 1.75. The van der Waals surface area contributed by atoms with Gasteiger partial charge >= 0.3 is 5.97 Å². The predicted octanol–water partition coefficient (Wildman–Crippen LogP) is 2.46. The molecule has 108 valence electrons. The molecule has 0 aliphatic heterocycles. The van der Waals surface area contributed by atoms with E-state index in [1.54, 1.807) is 19.9 Å². The average molecular weight is 292 g/mol. The Morgan fingerprint density at radius 1 is 1.37 bits per heavy atom. The van der Waals surface area contributed by atoms with Crippen molar-refractivity contribution in [3.05, 3.63) is 29.6 Å². The summed E-state index contributed by atoms with van der Waals surface area (Å²) in [5.74, 6) is -0.682. The van der Waals surface area contributed by atoms with Crippen LogP contribution in [-0.2, 0) is 9.53 Å². The summed E-state index contributed by atoms with van der Waals surface area (Å²) in [6, 6.07) is 3.55. The van der Waals surface area contributed by atoms with E-state index in [0.717, 1.165) is 0 Å². The van der Waals surface area contributed by atoms with Gasteiger partial charge < -0.3 is 15.2 Å². The van der Waals surface area contributed by atoms with Gasteiger partial charge in [0.2, 0.25) is 0 Å². The normalized spacial score (nSPS) is 12.3. The molecule has 6 heteroatoms. The lowest BCUT2D eigenvalue weighted by Crippen LogP contribution is -2.38. The number of benzene rings is 1. The van der Waals surface area contributed by atoms with Crippen molar-refractivity contribution in [1.29, 1.82) is 0 Å². The molecule has 0 saturated heterocycles. The molecule has 2 N–H and O–H groups in total. The largest absolute Gasteiger partial charge is 0.496 e. The van der Waals surface area contributed by atoms with Gasteiger partial charge in [-0.1, -0.05) is 6.07 Å². The maximum Gasteiger partial charge on any atom is 0.313 e. The maximum atomic E-state index is 13.9. The van der Waals surface area contributed by atoms with Gasteiger partial charge in [-0.25, -0.2) is 4.39 Å². The first-order valence-corrected chi connectivity index (χ1v) is 5.52. The summed E-state index contributed by atoms with van der Waals surface area (Å²) in [6.45, 7) is 3.21. The zero-order chi connectivity index (χ0) is 13.9. The highest BCUT2D eigenvalue weighted by atomic mass is 35.5. The van der Waals surface area contributed by atoms with Crippen molar-refractivity contribution in [2.45, 2.75) is 19.9 Å². The van der Waals surface area contributed by atoms with Crippen LogP contribution in [0.25, 0.3) is 0 Å². The van der Waals surface area contributed by atoms with E-state index in [1.165, 1.54) is 26.4 Å². The summed E-state index contributed by atoms with van der Waals surface area (Å²) < 4.78 is 23.6. The fraction of sp³-hybridized carbons (Fsp3) is 0.462. The average Bonchev–Trinajstić information content (AvgIpc) is 2.36. The molecule has 0 spiro atoms. The number of methoxy groups -OCH3 is 2. The molecule has 0 saturated carbocycles. The molecule has 19 heavy (non-hydrogen) atoms. The Hall–Kier alpha value is -1.33. The molecule has 0 heterocycles. The van der Waals surface area contributed by atoms with Crippen molar-refractivity contribution < 1.29 is 18.7 Å². The number of ether oxygens (including phenoxy) is 2. The Labute approximate surface area is 118 Å². The predicted molar refractivity (Wildman–Crippen MR) is 72.9 cm³/mol. The van der Waals surface area contributed by atoms with Crippen LogP contribution >= 0.6 is 12.4 Å². The van der Waals surface area contributed by atoms with Crippen molar-refractivity contribution in [2.75, 3.05) is 14.2 Å². The highest BCUT2D eigenvalue weighted by molar-refractivity contribution is 5.85. The van der Waals surface area contributed by atoms with E-state index in [9.17, 15) is 9.18 Å². The molecular formula is C13H19ClFNO3. The van der Waals surface area contributed by atoms with Gasteiger partial charge in [0, 0.05) is 5.56 Å². The van der Waals surface area contributed by atoms with E-state index in [-0.39, 0.29) is 18.0 Å². The molecule has 0 unspecified atom stereocenters. The SMILES string of the molecule is COC(=O)C(C)(C)[C@H](N)c1c(F)cccc1OC.Cl. The third-order valence-electron chi connectivity index (χ3n) is 3.03. The molecule has 0 aliphatic carbocycles. The van der Waals surface area contributed by atoms with Crippen molar-refractivity contribution in [1.82, 2.24) is 0 Å². The van der Waals surface area contributed by atoms with Crippen molar-refractivity contribution in [3.8, 4) is 5.75 Å². The van der Waals surface area contributed by atoms with Crippen LogP contribution in [0.15, 0.2) is 18.2 Å². The van der Waals surface area contributed by atoms with Crippen LogP contribution in [0.4, 0.5) is 4.39 Å². The highest BCUT2D eigenvalue weighted by Crippen LogP contribution is 2.38. The Kier molecular flexibility index (Phi) is 6.25. The van der Waals surface area contributed by atoms with E-state index >= 15 is 0 Å². The smallest absolute Gasteiger partial charge is 0.313 e. The molecule has 0 aromatic heterocycles. The summed E-state index contributed by atoms with van der Waals surface area (Å²) in [5, 5.41) is 0. The maximum absolute atomic E-state index is 13.9. The molecule has 1 rings (SSSR count). The first-order chi connectivity index (χ1) is 8.36. The number of carbonyl (C=O) groups is 1. The molecule has 0 radical (unpaired) electrons. The van der Waals surface area contributed by atoms with Gasteiger partial charge in [0.25, 0.3) is 0 Å². The van der Waals surface area contributed by atoms with Crippen molar-refractivity contribution >= 4 is 18.4 Å². The monoisotopic (exact) mass is 291 g/mol. The summed E-state index contributed by atoms with van der Waals surface area (Å²) >= 11 is 0. The lowest BCUT2D eigenvalue weighted by Gasteiger charge is -2.30. The first kappa shape index (κ1) is 17.7. The molecule has 0 aliphatic rings. The number of hydrogen-bond donors (Lipinski definition) is 1. The van der Waals surface area contributed by atoms with Gasteiger partial charge in [-0.3, -0.25) is 4.79 Å². The second-order valence-electron chi connectivity index (χ2n) is 4.55. The Balaban J connectivity index is 0.00000324. The number of esters is 1. The van der Waals surface area contributed by atoms with Crippen LogP contribution in [0, 0.1) is 11.2 Å². The van der Waals surface area contributed by atoms with E-state index in [1.807, 2.05) is 0 Å². The lowest BCUT2D eigenvalue weighted by molar-refractivity contribution is -0.152. The quantitative estimate of drug-likeness (QED) is 0.866. The van der Waals surface area contributed by atoms with Gasteiger partial charge in [-0.05, 0) is 26.0 Å². The minimum atomic E-state index is -1.05. The molecule has 1 atom stereocenters. The Bertz CT molecular complexity index is 452. The molecule has 1 aromatic rings. The topological polar surface area (TPSA) is 61.5 Å². The zero-order valence-corrected chi connectivity index (χ0v) is 12.2.